The van der Waals surface area contributed by atoms with Gasteiger partial charge in [-0.05, 0) is 42.0 Å². The zero-order valence-electron chi connectivity index (χ0n) is 8.49. The molecule has 82 valence electrons. The minimum atomic E-state index is 0.484. The Hall–Kier alpha value is -1.18. The first-order valence-corrected chi connectivity index (χ1v) is 5.77. The molecular formula is C13H10Cl2O. The lowest BCUT2D eigenvalue weighted by Gasteiger charge is -2.06. The molecule has 0 saturated heterocycles. The van der Waals surface area contributed by atoms with E-state index in [1.165, 1.54) is 0 Å². The van der Waals surface area contributed by atoms with Gasteiger partial charge in [-0.15, -0.1) is 11.6 Å². The molecule has 16 heavy (non-hydrogen) atoms. The summed E-state index contributed by atoms with van der Waals surface area (Å²) in [7, 11) is 0. The first kappa shape index (κ1) is 11.3. The Morgan fingerprint density at radius 3 is 2.38 bits per heavy atom. The number of halogens is 2. The van der Waals surface area contributed by atoms with E-state index >= 15 is 0 Å². The third-order valence-electron chi connectivity index (χ3n) is 2.10. The molecule has 0 aromatic heterocycles. The Morgan fingerprint density at radius 2 is 1.69 bits per heavy atom. The van der Waals surface area contributed by atoms with E-state index in [1.807, 2.05) is 36.4 Å². The van der Waals surface area contributed by atoms with Crippen LogP contribution in [0.5, 0.6) is 11.5 Å². The SMILES string of the molecule is ClCc1cccc(Oc2ccc(Cl)cc2)c1. The fourth-order valence-corrected chi connectivity index (χ4v) is 1.62. The van der Waals surface area contributed by atoms with Crippen molar-refractivity contribution in [1.29, 1.82) is 0 Å². The smallest absolute Gasteiger partial charge is 0.127 e. The number of ether oxygens (including phenoxy) is 1. The van der Waals surface area contributed by atoms with Gasteiger partial charge in [-0.2, -0.15) is 0 Å². The van der Waals surface area contributed by atoms with Gasteiger partial charge in [-0.1, -0.05) is 23.7 Å². The van der Waals surface area contributed by atoms with E-state index in [0.29, 0.717) is 10.9 Å². The lowest BCUT2D eigenvalue weighted by atomic mass is 10.2. The van der Waals surface area contributed by atoms with E-state index in [-0.39, 0.29) is 0 Å². The number of alkyl halides is 1. The number of hydrogen-bond acceptors (Lipinski definition) is 1. The van der Waals surface area contributed by atoms with Crippen molar-refractivity contribution in [2.75, 3.05) is 0 Å². The number of benzene rings is 2. The predicted octanol–water partition coefficient (Wildman–Crippen LogP) is 4.87. The Bertz CT molecular complexity index is 466. The average molecular weight is 253 g/mol. The monoisotopic (exact) mass is 252 g/mol. The normalized spacial score (nSPS) is 10.1. The topological polar surface area (TPSA) is 9.23 Å². The zero-order chi connectivity index (χ0) is 11.4. The van der Waals surface area contributed by atoms with Gasteiger partial charge >= 0.3 is 0 Å². The van der Waals surface area contributed by atoms with E-state index in [9.17, 15) is 0 Å². The second kappa shape index (κ2) is 5.24. The van der Waals surface area contributed by atoms with E-state index < -0.39 is 0 Å². The van der Waals surface area contributed by atoms with Gasteiger partial charge in [0.25, 0.3) is 0 Å². The summed E-state index contributed by atoms with van der Waals surface area (Å²) in [6.07, 6.45) is 0. The molecule has 0 spiro atoms. The van der Waals surface area contributed by atoms with Crippen LogP contribution in [-0.2, 0) is 5.88 Å². The second-order valence-electron chi connectivity index (χ2n) is 3.34. The fourth-order valence-electron chi connectivity index (χ4n) is 1.33. The third-order valence-corrected chi connectivity index (χ3v) is 2.66. The van der Waals surface area contributed by atoms with Crippen molar-refractivity contribution in [3.63, 3.8) is 0 Å². The Balaban J connectivity index is 2.16. The van der Waals surface area contributed by atoms with Gasteiger partial charge in [-0.3, -0.25) is 0 Å². The van der Waals surface area contributed by atoms with Gasteiger partial charge in [0.15, 0.2) is 0 Å². The molecule has 0 heterocycles. The van der Waals surface area contributed by atoms with Crippen molar-refractivity contribution >= 4 is 23.2 Å². The van der Waals surface area contributed by atoms with Crippen molar-refractivity contribution in [2.24, 2.45) is 0 Å². The number of hydrogen-bond donors (Lipinski definition) is 0. The standard InChI is InChI=1S/C13H10Cl2O/c14-9-10-2-1-3-13(8-10)16-12-6-4-11(15)5-7-12/h1-8H,9H2. The molecule has 3 heteroatoms. The van der Waals surface area contributed by atoms with Gasteiger partial charge in [-0.25, -0.2) is 0 Å². The fraction of sp³-hybridized carbons (Fsp3) is 0.0769. The van der Waals surface area contributed by atoms with Crippen molar-refractivity contribution in [3.8, 4) is 11.5 Å². The van der Waals surface area contributed by atoms with E-state index in [4.69, 9.17) is 27.9 Å². The minimum Gasteiger partial charge on any atom is -0.457 e. The van der Waals surface area contributed by atoms with Crippen LogP contribution in [0.2, 0.25) is 5.02 Å². The summed E-state index contributed by atoms with van der Waals surface area (Å²) in [4.78, 5) is 0. The second-order valence-corrected chi connectivity index (χ2v) is 4.04. The van der Waals surface area contributed by atoms with Crippen LogP contribution in [0, 0.1) is 0 Å². The van der Waals surface area contributed by atoms with Gasteiger partial charge in [0, 0.05) is 10.9 Å². The highest BCUT2D eigenvalue weighted by Gasteiger charge is 1.98. The molecule has 0 aliphatic carbocycles. The molecule has 0 bridgehead atoms. The van der Waals surface area contributed by atoms with Crippen molar-refractivity contribution in [2.45, 2.75) is 5.88 Å². The molecule has 0 unspecified atom stereocenters. The highest BCUT2D eigenvalue weighted by atomic mass is 35.5. The first-order chi connectivity index (χ1) is 7.78. The molecule has 0 N–H and O–H groups in total. The maximum absolute atomic E-state index is 5.79. The quantitative estimate of drug-likeness (QED) is 0.709. The molecule has 0 atom stereocenters. The molecule has 0 aliphatic rings. The van der Waals surface area contributed by atoms with Crippen LogP contribution >= 0.6 is 23.2 Å². The Labute approximate surface area is 105 Å². The Morgan fingerprint density at radius 1 is 0.938 bits per heavy atom. The van der Waals surface area contributed by atoms with Crippen LogP contribution in [0.1, 0.15) is 5.56 Å². The minimum absolute atomic E-state index is 0.484. The van der Waals surface area contributed by atoms with E-state index in [1.54, 1.807) is 12.1 Å². The molecule has 2 aromatic carbocycles. The van der Waals surface area contributed by atoms with Crippen molar-refractivity contribution in [3.05, 3.63) is 59.1 Å². The van der Waals surface area contributed by atoms with Crippen LogP contribution in [-0.4, -0.2) is 0 Å². The first-order valence-electron chi connectivity index (χ1n) is 4.86. The van der Waals surface area contributed by atoms with Crippen LogP contribution in [0.25, 0.3) is 0 Å². The molecule has 0 fully saturated rings. The molecule has 2 aromatic rings. The third kappa shape index (κ3) is 2.91. The summed E-state index contributed by atoms with van der Waals surface area (Å²) >= 11 is 11.5. The summed E-state index contributed by atoms with van der Waals surface area (Å²) < 4.78 is 5.66. The molecule has 0 aliphatic heterocycles. The average Bonchev–Trinajstić information content (AvgIpc) is 2.32. The van der Waals surface area contributed by atoms with Gasteiger partial charge < -0.3 is 4.74 Å². The lowest BCUT2D eigenvalue weighted by molar-refractivity contribution is 0.482. The molecule has 2 rings (SSSR count). The summed E-state index contributed by atoms with van der Waals surface area (Å²) in [6.45, 7) is 0. The number of rotatable bonds is 3. The van der Waals surface area contributed by atoms with Gasteiger partial charge in [0.1, 0.15) is 11.5 Å². The zero-order valence-corrected chi connectivity index (χ0v) is 10.0. The molecular weight excluding hydrogens is 243 g/mol. The summed E-state index contributed by atoms with van der Waals surface area (Å²) in [5, 5.41) is 0.696. The van der Waals surface area contributed by atoms with Crippen LogP contribution in [0.4, 0.5) is 0 Å². The summed E-state index contributed by atoms with van der Waals surface area (Å²) in [5.74, 6) is 2.02. The largest absolute Gasteiger partial charge is 0.457 e. The molecule has 0 radical (unpaired) electrons. The van der Waals surface area contributed by atoms with Crippen LogP contribution in [0.15, 0.2) is 48.5 Å². The Kier molecular flexibility index (Phi) is 3.70. The van der Waals surface area contributed by atoms with Crippen LogP contribution < -0.4 is 4.74 Å². The van der Waals surface area contributed by atoms with Gasteiger partial charge in [0.2, 0.25) is 0 Å². The maximum Gasteiger partial charge on any atom is 0.127 e. The van der Waals surface area contributed by atoms with Gasteiger partial charge in [0.05, 0.1) is 0 Å². The summed E-state index contributed by atoms with van der Waals surface area (Å²) in [5.41, 5.74) is 1.04. The van der Waals surface area contributed by atoms with Crippen molar-refractivity contribution < 1.29 is 4.74 Å². The lowest BCUT2D eigenvalue weighted by Crippen LogP contribution is -1.85. The highest BCUT2D eigenvalue weighted by molar-refractivity contribution is 6.30. The van der Waals surface area contributed by atoms with E-state index in [0.717, 1.165) is 17.1 Å². The van der Waals surface area contributed by atoms with Crippen molar-refractivity contribution in [1.82, 2.24) is 0 Å². The highest BCUT2D eigenvalue weighted by Crippen LogP contribution is 2.24. The predicted molar refractivity (Wildman–Crippen MR) is 67.5 cm³/mol. The molecule has 0 saturated carbocycles. The van der Waals surface area contributed by atoms with E-state index in [2.05, 4.69) is 0 Å². The summed E-state index contributed by atoms with van der Waals surface area (Å²) in [6, 6.07) is 14.9. The van der Waals surface area contributed by atoms with Crippen LogP contribution in [0.3, 0.4) is 0 Å². The molecule has 0 amide bonds. The molecule has 1 nitrogen and oxygen atoms in total. The maximum atomic E-state index is 5.79.